The van der Waals surface area contributed by atoms with E-state index in [9.17, 15) is 18.1 Å². The molecule has 0 amide bonds. The average Bonchev–Trinajstić information content (AvgIpc) is 2.66. The van der Waals surface area contributed by atoms with Crippen molar-refractivity contribution in [3.63, 3.8) is 0 Å². The first kappa shape index (κ1) is 21.2. The minimum Gasteiger partial charge on any atom is -0.870 e. The number of anilines is 1. The number of rotatable bonds is 3. The van der Waals surface area contributed by atoms with Crippen LogP contribution >= 0.6 is 0 Å². The van der Waals surface area contributed by atoms with Crippen LogP contribution in [-0.2, 0) is 10.1 Å². The fraction of sp³-hybridized carbons (Fsp3) is 0. The predicted octanol–water partition coefficient (Wildman–Crippen LogP) is 1.31. The topological polar surface area (TPSA) is 128 Å². The number of nitrogens with zero attached hydrogens (tertiary/aromatic N) is 2. The van der Waals surface area contributed by atoms with Crippen molar-refractivity contribution in [1.82, 2.24) is 0 Å². The Morgan fingerprint density at radius 3 is 2.28 bits per heavy atom. The Hall–Kier alpha value is -2.49. The van der Waals surface area contributed by atoms with Gasteiger partial charge in [-0.3, -0.25) is 4.55 Å². The molecule has 0 bridgehead atoms. The van der Waals surface area contributed by atoms with Crippen LogP contribution in [-0.4, -0.2) is 13.0 Å². The van der Waals surface area contributed by atoms with Crippen LogP contribution in [0.5, 0.6) is 5.75 Å². The first-order valence-electron chi connectivity index (χ1n) is 8.25. The van der Waals surface area contributed by atoms with Crippen LogP contribution in [0.2, 0.25) is 0 Å². The van der Waals surface area contributed by atoms with Gasteiger partial charge in [0, 0.05) is 21.8 Å². The second-order valence-electron chi connectivity index (χ2n) is 6.16. The summed E-state index contributed by atoms with van der Waals surface area (Å²) in [7, 11) is -4.50. The van der Waals surface area contributed by atoms with Crippen molar-refractivity contribution in [2.45, 2.75) is 4.90 Å². The number of fused-ring (bicyclic) bond motifs is 2. The summed E-state index contributed by atoms with van der Waals surface area (Å²) in [4.78, 5) is -0.383. The van der Waals surface area contributed by atoms with Crippen molar-refractivity contribution in [3.05, 3.63) is 66.7 Å². The van der Waals surface area contributed by atoms with Gasteiger partial charge in [-0.1, -0.05) is 48.2 Å². The van der Waals surface area contributed by atoms with E-state index in [0.29, 0.717) is 5.69 Å². The molecule has 4 rings (SSSR count). The van der Waals surface area contributed by atoms with Gasteiger partial charge in [-0.05, 0) is 29.7 Å². The molecule has 9 heteroatoms. The molecule has 0 aliphatic carbocycles. The van der Waals surface area contributed by atoms with Gasteiger partial charge in [0.2, 0.25) is 0 Å². The Morgan fingerprint density at radius 2 is 1.52 bits per heavy atom. The van der Waals surface area contributed by atoms with Crippen LogP contribution < -0.4 is 40.4 Å². The molecule has 7 nitrogen and oxygen atoms in total. The maximum atomic E-state index is 12.8. The molecule has 29 heavy (non-hydrogen) atoms. The van der Waals surface area contributed by atoms with Gasteiger partial charge in [0.15, 0.2) is 0 Å². The summed E-state index contributed by atoms with van der Waals surface area (Å²) >= 11 is 0. The smallest absolute Gasteiger partial charge is 0.870 e. The third-order valence-corrected chi connectivity index (χ3v) is 5.33. The molecule has 0 saturated heterocycles. The summed E-state index contributed by atoms with van der Waals surface area (Å²) in [5, 5.41) is 22.9. The number of benzene rings is 4. The van der Waals surface area contributed by atoms with Crippen molar-refractivity contribution in [2.24, 2.45) is 10.2 Å². The van der Waals surface area contributed by atoms with Gasteiger partial charge < -0.3 is 10.8 Å². The molecule has 0 aliphatic rings. The maximum absolute atomic E-state index is 12.8. The zero-order valence-electron chi connectivity index (χ0n) is 15.4. The molecule has 0 fully saturated rings. The Balaban J connectivity index is 0.00000240. The van der Waals surface area contributed by atoms with E-state index in [-0.39, 0.29) is 56.6 Å². The SMILES string of the molecule is Nc1ccc(S(=O)(=O)O)c2ccc(N=Nc3cccc4ccccc34)c([O-])c12.[Na+]. The van der Waals surface area contributed by atoms with Crippen LogP contribution in [0, 0.1) is 0 Å². The predicted molar refractivity (Wildman–Crippen MR) is 106 cm³/mol. The van der Waals surface area contributed by atoms with E-state index in [1.165, 1.54) is 18.2 Å². The summed E-state index contributed by atoms with van der Waals surface area (Å²) in [6.45, 7) is 0. The minimum absolute atomic E-state index is 0. The van der Waals surface area contributed by atoms with Gasteiger partial charge in [-0.2, -0.15) is 13.5 Å². The van der Waals surface area contributed by atoms with Gasteiger partial charge >= 0.3 is 29.6 Å². The maximum Gasteiger partial charge on any atom is 1.00 e. The molecular formula is C20H14N3NaO4S. The zero-order valence-corrected chi connectivity index (χ0v) is 18.2. The van der Waals surface area contributed by atoms with Crippen molar-refractivity contribution in [1.29, 1.82) is 0 Å². The molecule has 4 aromatic rings. The summed E-state index contributed by atoms with van der Waals surface area (Å²) < 4.78 is 32.5. The Morgan fingerprint density at radius 1 is 0.828 bits per heavy atom. The van der Waals surface area contributed by atoms with E-state index in [2.05, 4.69) is 10.2 Å². The summed E-state index contributed by atoms with van der Waals surface area (Å²) in [5.41, 5.74) is 6.57. The number of nitrogen functional groups attached to an aromatic ring is 1. The van der Waals surface area contributed by atoms with Crippen molar-refractivity contribution in [3.8, 4) is 5.75 Å². The van der Waals surface area contributed by atoms with E-state index in [1.54, 1.807) is 6.07 Å². The largest absolute Gasteiger partial charge is 1.00 e. The van der Waals surface area contributed by atoms with E-state index >= 15 is 0 Å². The van der Waals surface area contributed by atoms with Gasteiger partial charge in [-0.25, -0.2) is 0 Å². The second-order valence-corrected chi connectivity index (χ2v) is 7.55. The third kappa shape index (κ3) is 3.98. The molecule has 0 aliphatic heterocycles. The van der Waals surface area contributed by atoms with Gasteiger partial charge in [0.25, 0.3) is 10.1 Å². The molecule has 140 valence electrons. The Kier molecular flexibility index (Phi) is 5.92. The first-order valence-corrected chi connectivity index (χ1v) is 9.69. The van der Waals surface area contributed by atoms with Crippen LogP contribution in [0.1, 0.15) is 0 Å². The fourth-order valence-corrected chi connectivity index (χ4v) is 3.80. The van der Waals surface area contributed by atoms with Crippen LogP contribution in [0.4, 0.5) is 17.1 Å². The number of hydrogen-bond donors (Lipinski definition) is 2. The van der Waals surface area contributed by atoms with Crippen molar-refractivity contribution >= 4 is 48.7 Å². The summed E-state index contributed by atoms with van der Waals surface area (Å²) in [6.07, 6.45) is 0. The summed E-state index contributed by atoms with van der Waals surface area (Å²) in [5.74, 6) is -0.565. The Bertz CT molecular complexity index is 1370. The van der Waals surface area contributed by atoms with Crippen LogP contribution in [0.15, 0.2) is 81.9 Å². The molecule has 0 saturated carbocycles. The van der Waals surface area contributed by atoms with Crippen LogP contribution in [0.3, 0.4) is 0 Å². The molecular weight excluding hydrogens is 401 g/mol. The molecule has 4 aromatic carbocycles. The van der Waals surface area contributed by atoms with Gasteiger partial charge in [-0.15, -0.1) is 5.11 Å². The quantitative estimate of drug-likeness (QED) is 0.226. The van der Waals surface area contributed by atoms with Crippen LogP contribution in [0.25, 0.3) is 21.5 Å². The Labute approximate surface area is 188 Å². The molecule has 0 heterocycles. The van der Waals surface area contributed by atoms with Gasteiger partial charge in [0.05, 0.1) is 11.4 Å². The second kappa shape index (κ2) is 8.10. The minimum atomic E-state index is -4.50. The van der Waals surface area contributed by atoms with Crippen molar-refractivity contribution < 1.29 is 47.6 Å². The summed E-state index contributed by atoms with van der Waals surface area (Å²) in [6, 6.07) is 18.4. The molecule has 0 unspecified atom stereocenters. The average molecular weight is 415 g/mol. The van der Waals surface area contributed by atoms with Gasteiger partial charge in [0.1, 0.15) is 4.90 Å². The number of hydrogen-bond acceptors (Lipinski definition) is 6. The normalized spacial score (nSPS) is 11.8. The molecule has 0 spiro atoms. The van der Waals surface area contributed by atoms with E-state index in [1.807, 2.05) is 36.4 Å². The molecule has 3 N–H and O–H groups in total. The molecule has 0 atom stereocenters. The standard InChI is InChI=1S/C20H15N3O4S.Na/c21-15-9-11-18(28(25,26)27)14-8-10-17(20(24)19(14)15)23-22-16-7-3-5-12-4-1-2-6-13(12)16;/h1-11,24H,21H2,(H,25,26,27);/q;+1/p-1. The third-order valence-electron chi connectivity index (χ3n) is 4.42. The van der Waals surface area contributed by atoms with Crippen molar-refractivity contribution in [2.75, 3.05) is 5.73 Å². The van der Waals surface area contributed by atoms with E-state index in [4.69, 9.17) is 5.73 Å². The molecule has 0 radical (unpaired) electrons. The molecule has 0 aromatic heterocycles. The number of nitrogens with two attached hydrogens (primary N) is 1. The zero-order chi connectivity index (χ0) is 19.9. The monoisotopic (exact) mass is 415 g/mol. The van der Waals surface area contributed by atoms with E-state index < -0.39 is 15.9 Å². The van der Waals surface area contributed by atoms with E-state index in [0.717, 1.165) is 16.8 Å². The fourth-order valence-electron chi connectivity index (χ4n) is 3.11. The number of azo groups is 1. The first-order chi connectivity index (χ1) is 13.4.